The highest BCUT2D eigenvalue weighted by atomic mass is 35.5. The molecule has 23 heavy (non-hydrogen) atoms. The minimum absolute atomic E-state index is 0.259. The Morgan fingerprint density at radius 1 is 1.13 bits per heavy atom. The fourth-order valence-corrected chi connectivity index (χ4v) is 2.63. The fourth-order valence-electron chi connectivity index (χ4n) is 2.44. The van der Waals surface area contributed by atoms with Crippen molar-refractivity contribution in [2.75, 3.05) is 0 Å². The smallest absolute Gasteiger partial charge is 0.166 e. The average molecular weight is 330 g/mol. The lowest BCUT2D eigenvalue weighted by Gasteiger charge is -2.15. The summed E-state index contributed by atoms with van der Waals surface area (Å²) in [5.74, 6) is 0.837. The highest BCUT2D eigenvalue weighted by molar-refractivity contribution is 6.30. The molecule has 120 valence electrons. The van der Waals surface area contributed by atoms with Crippen LogP contribution in [-0.4, -0.2) is 5.11 Å². The van der Waals surface area contributed by atoms with Crippen LogP contribution in [0.25, 0.3) is 0 Å². The highest BCUT2D eigenvalue weighted by Gasteiger charge is 2.13. The first-order valence-electron chi connectivity index (χ1n) is 7.69. The van der Waals surface area contributed by atoms with Gasteiger partial charge in [-0.15, -0.1) is 0 Å². The first kappa shape index (κ1) is 17.3. The SMILES string of the molecule is CCc1ccc(CC)c(OCc2cc(Cl)ccc2C(O)C#N)c1. The summed E-state index contributed by atoms with van der Waals surface area (Å²) in [5, 5.41) is 19.3. The molecular weight excluding hydrogens is 310 g/mol. The molecule has 1 atom stereocenters. The zero-order valence-electron chi connectivity index (χ0n) is 13.3. The molecule has 0 amide bonds. The van der Waals surface area contributed by atoms with E-state index in [1.54, 1.807) is 18.2 Å². The molecule has 0 aliphatic heterocycles. The average Bonchev–Trinajstić information content (AvgIpc) is 2.59. The monoisotopic (exact) mass is 329 g/mol. The van der Waals surface area contributed by atoms with Crippen molar-refractivity contribution in [1.82, 2.24) is 0 Å². The van der Waals surface area contributed by atoms with Gasteiger partial charge >= 0.3 is 0 Å². The number of aliphatic hydroxyl groups excluding tert-OH is 1. The van der Waals surface area contributed by atoms with Crippen molar-refractivity contribution in [3.63, 3.8) is 0 Å². The number of aliphatic hydroxyl groups is 1. The summed E-state index contributed by atoms with van der Waals surface area (Å²) in [5.41, 5.74) is 3.59. The maximum absolute atomic E-state index is 9.82. The molecule has 0 heterocycles. The Kier molecular flexibility index (Phi) is 6.04. The Morgan fingerprint density at radius 2 is 1.91 bits per heavy atom. The van der Waals surface area contributed by atoms with Crippen molar-refractivity contribution in [2.24, 2.45) is 0 Å². The molecule has 0 radical (unpaired) electrons. The molecule has 0 saturated heterocycles. The van der Waals surface area contributed by atoms with E-state index in [2.05, 4.69) is 26.0 Å². The van der Waals surface area contributed by atoms with Gasteiger partial charge in [-0.3, -0.25) is 0 Å². The quantitative estimate of drug-likeness (QED) is 0.788. The van der Waals surface area contributed by atoms with Gasteiger partial charge in [0.1, 0.15) is 12.4 Å². The van der Waals surface area contributed by atoms with Crippen molar-refractivity contribution in [3.05, 3.63) is 63.7 Å². The lowest BCUT2D eigenvalue weighted by molar-refractivity contribution is 0.229. The van der Waals surface area contributed by atoms with Crippen LogP contribution in [0, 0.1) is 11.3 Å². The highest BCUT2D eigenvalue weighted by Crippen LogP contribution is 2.26. The van der Waals surface area contributed by atoms with E-state index in [1.165, 1.54) is 5.56 Å². The lowest BCUT2D eigenvalue weighted by Crippen LogP contribution is -2.05. The summed E-state index contributed by atoms with van der Waals surface area (Å²) in [7, 11) is 0. The Balaban J connectivity index is 2.27. The van der Waals surface area contributed by atoms with Crippen LogP contribution in [0.1, 0.15) is 42.2 Å². The number of nitrogens with zero attached hydrogens (tertiary/aromatic N) is 1. The molecular formula is C19H20ClNO2. The van der Waals surface area contributed by atoms with Crippen LogP contribution < -0.4 is 4.74 Å². The molecule has 0 aromatic heterocycles. The van der Waals surface area contributed by atoms with E-state index < -0.39 is 6.10 Å². The molecule has 2 aromatic carbocycles. The standard InChI is InChI=1S/C19H20ClNO2/c1-3-13-5-6-14(4-2)19(9-13)23-12-15-10-16(20)7-8-17(15)18(22)11-21/h5-10,18,22H,3-4,12H2,1-2H3. The van der Waals surface area contributed by atoms with Crippen molar-refractivity contribution >= 4 is 11.6 Å². The van der Waals surface area contributed by atoms with Crippen molar-refractivity contribution in [3.8, 4) is 11.8 Å². The van der Waals surface area contributed by atoms with E-state index in [9.17, 15) is 5.11 Å². The van der Waals surface area contributed by atoms with E-state index in [0.717, 1.165) is 29.7 Å². The van der Waals surface area contributed by atoms with Crippen LogP contribution in [-0.2, 0) is 19.4 Å². The van der Waals surface area contributed by atoms with Gasteiger partial charge in [-0.05, 0) is 47.7 Å². The first-order chi connectivity index (χ1) is 11.1. The van der Waals surface area contributed by atoms with Crippen molar-refractivity contribution < 1.29 is 9.84 Å². The molecule has 4 heteroatoms. The maximum Gasteiger partial charge on any atom is 0.166 e. The minimum atomic E-state index is -1.18. The Hall–Kier alpha value is -2.02. The van der Waals surface area contributed by atoms with Gasteiger partial charge in [-0.25, -0.2) is 0 Å². The summed E-state index contributed by atoms with van der Waals surface area (Å²) in [6.45, 7) is 4.44. The number of halogens is 1. The Bertz CT molecular complexity index is 722. The molecule has 0 aliphatic rings. The van der Waals surface area contributed by atoms with Gasteiger partial charge in [0.2, 0.25) is 0 Å². The second-order valence-electron chi connectivity index (χ2n) is 5.31. The zero-order valence-corrected chi connectivity index (χ0v) is 14.1. The lowest BCUT2D eigenvalue weighted by atomic mass is 10.0. The summed E-state index contributed by atoms with van der Waals surface area (Å²) in [6, 6.07) is 13.1. The molecule has 0 fully saturated rings. The van der Waals surface area contributed by atoms with Crippen molar-refractivity contribution in [2.45, 2.75) is 39.4 Å². The predicted molar refractivity (Wildman–Crippen MR) is 91.6 cm³/mol. The number of hydrogen-bond donors (Lipinski definition) is 1. The molecule has 1 unspecified atom stereocenters. The van der Waals surface area contributed by atoms with E-state index in [0.29, 0.717) is 10.6 Å². The van der Waals surface area contributed by atoms with Crippen LogP contribution in [0.2, 0.25) is 5.02 Å². The number of benzene rings is 2. The van der Waals surface area contributed by atoms with E-state index in [1.807, 2.05) is 12.1 Å². The molecule has 0 aliphatic carbocycles. The predicted octanol–water partition coefficient (Wildman–Crippen LogP) is 4.60. The largest absolute Gasteiger partial charge is 0.489 e. The number of aryl methyl sites for hydroxylation is 2. The summed E-state index contributed by atoms with van der Waals surface area (Å²) in [6.07, 6.45) is 0.636. The first-order valence-corrected chi connectivity index (χ1v) is 8.07. The van der Waals surface area contributed by atoms with Gasteiger partial charge in [0.15, 0.2) is 6.10 Å². The second kappa shape index (κ2) is 8.01. The van der Waals surface area contributed by atoms with Crippen LogP contribution in [0.3, 0.4) is 0 Å². The molecule has 1 N–H and O–H groups in total. The third-order valence-electron chi connectivity index (χ3n) is 3.83. The van der Waals surface area contributed by atoms with Crippen LogP contribution in [0.4, 0.5) is 0 Å². The van der Waals surface area contributed by atoms with Crippen LogP contribution in [0.5, 0.6) is 5.75 Å². The Labute approximate surface area is 142 Å². The van der Waals surface area contributed by atoms with E-state index in [-0.39, 0.29) is 6.61 Å². The van der Waals surface area contributed by atoms with Gasteiger partial charge in [-0.1, -0.05) is 43.6 Å². The molecule has 2 rings (SSSR count). The third kappa shape index (κ3) is 4.25. The fraction of sp³-hybridized carbons (Fsp3) is 0.316. The van der Waals surface area contributed by atoms with Crippen molar-refractivity contribution in [1.29, 1.82) is 5.26 Å². The van der Waals surface area contributed by atoms with Gasteiger partial charge in [0, 0.05) is 10.6 Å². The van der Waals surface area contributed by atoms with Gasteiger partial charge in [0.25, 0.3) is 0 Å². The molecule has 2 aromatic rings. The zero-order chi connectivity index (χ0) is 16.8. The summed E-state index contributed by atoms with van der Waals surface area (Å²) in [4.78, 5) is 0. The number of ether oxygens (including phenoxy) is 1. The molecule has 0 saturated carbocycles. The Morgan fingerprint density at radius 3 is 2.57 bits per heavy atom. The topological polar surface area (TPSA) is 53.2 Å². The third-order valence-corrected chi connectivity index (χ3v) is 4.06. The normalized spacial score (nSPS) is 11.8. The number of nitriles is 1. The number of rotatable bonds is 6. The molecule has 0 bridgehead atoms. The van der Waals surface area contributed by atoms with Crippen LogP contribution >= 0.6 is 11.6 Å². The summed E-state index contributed by atoms with van der Waals surface area (Å²) >= 11 is 6.03. The minimum Gasteiger partial charge on any atom is -0.489 e. The van der Waals surface area contributed by atoms with Crippen LogP contribution in [0.15, 0.2) is 36.4 Å². The summed E-state index contributed by atoms with van der Waals surface area (Å²) < 4.78 is 5.97. The number of hydrogen-bond acceptors (Lipinski definition) is 3. The van der Waals surface area contributed by atoms with E-state index >= 15 is 0 Å². The van der Waals surface area contributed by atoms with Gasteiger partial charge in [0.05, 0.1) is 6.07 Å². The second-order valence-corrected chi connectivity index (χ2v) is 5.75. The maximum atomic E-state index is 9.82. The molecule has 3 nitrogen and oxygen atoms in total. The van der Waals surface area contributed by atoms with Gasteiger partial charge < -0.3 is 9.84 Å². The molecule has 0 spiro atoms. The van der Waals surface area contributed by atoms with E-state index in [4.69, 9.17) is 21.6 Å². The van der Waals surface area contributed by atoms with Gasteiger partial charge in [-0.2, -0.15) is 5.26 Å².